The molecule has 2 aromatic rings. The van der Waals surface area contributed by atoms with Crippen molar-refractivity contribution >= 4 is 11.9 Å². The van der Waals surface area contributed by atoms with Crippen LogP contribution in [0, 0.1) is 0 Å². The lowest BCUT2D eigenvalue weighted by atomic mass is 9.81. The highest BCUT2D eigenvalue weighted by atomic mass is 16.5. The largest absolute Gasteiger partial charge is 0.379 e. The first-order chi connectivity index (χ1) is 9.76. The number of hydrazone groups is 1. The summed E-state index contributed by atoms with van der Waals surface area (Å²) in [5, 5.41) is 4.24. The average molecular weight is 266 g/mol. The molecule has 0 radical (unpaired) electrons. The van der Waals surface area contributed by atoms with Crippen LogP contribution in [-0.2, 0) is 10.2 Å². The highest BCUT2D eigenvalue weighted by Crippen LogP contribution is 2.31. The van der Waals surface area contributed by atoms with Crippen LogP contribution in [0.25, 0.3) is 0 Å². The van der Waals surface area contributed by atoms with Gasteiger partial charge < -0.3 is 4.74 Å². The molecular formula is C17H18N2O. The van der Waals surface area contributed by atoms with Gasteiger partial charge in [-0.3, -0.25) is 5.43 Å². The highest BCUT2D eigenvalue weighted by Gasteiger charge is 2.34. The van der Waals surface area contributed by atoms with Crippen LogP contribution in [0.4, 0.5) is 5.69 Å². The molecule has 3 nitrogen and oxygen atoms in total. The molecule has 1 aliphatic rings. The Morgan fingerprint density at radius 2 is 1.75 bits per heavy atom. The molecule has 1 N–H and O–H groups in total. The molecule has 20 heavy (non-hydrogen) atoms. The van der Waals surface area contributed by atoms with Crippen molar-refractivity contribution in [3.8, 4) is 0 Å². The molecule has 0 unspecified atom stereocenters. The lowest BCUT2D eigenvalue weighted by molar-refractivity contribution is -0.0500. The van der Waals surface area contributed by atoms with Crippen LogP contribution >= 0.6 is 0 Å². The number of rotatable bonds is 4. The van der Waals surface area contributed by atoms with Gasteiger partial charge in [-0.1, -0.05) is 49.4 Å². The molecule has 0 bridgehead atoms. The second-order valence-corrected chi connectivity index (χ2v) is 5.41. The van der Waals surface area contributed by atoms with Crippen molar-refractivity contribution < 1.29 is 4.74 Å². The van der Waals surface area contributed by atoms with Gasteiger partial charge in [-0.05, 0) is 23.3 Å². The van der Waals surface area contributed by atoms with Gasteiger partial charge in [0, 0.05) is 5.41 Å². The van der Waals surface area contributed by atoms with E-state index in [1.807, 2.05) is 36.5 Å². The predicted octanol–water partition coefficient (Wildman–Crippen LogP) is 3.42. The monoisotopic (exact) mass is 266 g/mol. The maximum Gasteiger partial charge on any atom is 0.0582 e. The van der Waals surface area contributed by atoms with E-state index < -0.39 is 0 Å². The molecule has 0 saturated carbocycles. The molecule has 0 spiro atoms. The Morgan fingerprint density at radius 1 is 1.05 bits per heavy atom. The molecule has 0 atom stereocenters. The van der Waals surface area contributed by atoms with Gasteiger partial charge in [0.05, 0.1) is 25.1 Å². The van der Waals surface area contributed by atoms with Gasteiger partial charge in [0.2, 0.25) is 0 Å². The third-order valence-electron chi connectivity index (χ3n) is 3.63. The quantitative estimate of drug-likeness (QED) is 0.679. The summed E-state index contributed by atoms with van der Waals surface area (Å²) in [5.74, 6) is 0. The van der Waals surface area contributed by atoms with E-state index in [9.17, 15) is 0 Å². The second-order valence-electron chi connectivity index (χ2n) is 5.41. The van der Waals surface area contributed by atoms with E-state index in [1.54, 1.807) is 0 Å². The van der Waals surface area contributed by atoms with Gasteiger partial charge in [-0.15, -0.1) is 0 Å². The zero-order chi connectivity index (χ0) is 13.8. The summed E-state index contributed by atoms with van der Waals surface area (Å²) in [6.45, 7) is 3.86. The zero-order valence-corrected chi connectivity index (χ0v) is 11.5. The number of para-hydroxylation sites is 1. The molecule has 1 saturated heterocycles. The molecular weight excluding hydrogens is 248 g/mol. The average Bonchev–Trinajstić information content (AvgIpc) is 2.47. The van der Waals surface area contributed by atoms with Crippen molar-refractivity contribution in [3.05, 3.63) is 65.7 Å². The predicted molar refractivity (Wildman–Crippen MR) is 82.3 cm³/mol. The van der Waals surface area contributed by atoms with Gasteiger partial charge in [0.25, 0.3) is 0 Å². The van der Waals surface area contributed by atoms with Gasteiger partial charge in [0.1, 0.15) is 0 Å². The van der Waals surface area contributed by atoms with E-state index in [0.29, 0.717) is 0 Å². The molecule has 3 heteroatoms. The van der Waals surface area contributed by atoms with Crippen LogP contribution in [-0.4, -0.2) is 19.4 Å². The summed E-state index contributed by atoms with van der Waals surface area (Å²) >= 11 is 0. The summed E-state index contributed by atoms with van der Waals surface area (Å²) < 4.78 is 5.30. The van der Waals surface area contributed by atoms with Gasteiger partial charge in [0.15, 0.2) is 0 Å². The molecule has 1 fully saturated rings. The minimum absolute atomic E-state index is 0.192. The van der Waals surface area contributed by atoms with E-state index >= 15 is 0 Å². The maximum absolute atomic E-state index is 5.30. The summed E-state index contributed by atoms with van der Waals surface area (Å²) in [5.41, 5.74) is 6.60. The minimum atomic E-state index is 0.192. The van der Waals surface area contributed by atoms with Crippen LogP contribution in [0.1, 0.15) is 18.1 Å². The van der Waals surface area contributed by atoms with Crippen molar-refractivity contribution in [1.82, 2.24) is 0 Å². The van der Waals surface area contributed by atoms with Crippen LogP contribution in [0.2, 0.25) is 0 Å². The molecule has 0 aromatic heterocycles. The molecule has 0 amide bonds. The summed E-state index contributed by atoms with van der Waals surface area (Å²) in [4.78, 5) is 0. The Balaban J connectivity index is 1.63. The van der Waals surface area contributed by atoms with E-state index in [4.69, 9.17) is 4.74 Å². The van der Waals surface area contributed by atoms with Crippen molar-refractivity contribution in [2.45, 2.75) is 12.3 Å². The second kappa shape index (κ2) is 5.47. The molecule has 3 rings (SSSR count). The molecule has 2 aromatic carbocycles. The number of hydrogen-bond acceptors (Lipinski definition) is 3. The topological polar surface area (TPSA) is 33.6 Å². The Kier molecular flexibility index (Phi) is 3.52. The first-order valence-corrected chi connectivity index (χ1v) is 6.79. The summed E-state index contributed by atoms with van der Waals surface area (Å²) in [6, 6.07) is 18.4. The lowest BCUT2D eigenvalue weighted by Crippen LogP contribution is -2.43. The SMILES string of the molecule is CC1(c2ccc(C=NNc3ccccc3)cc2)COC1. The fourth-order valence-electron chi connectivity index (χ4n) is 2.24. The van der Waals surface area contributed by atoms with Crippen LogP contribution < -0.4 is 5.43 Å². The number of benzene rings is 2. The van der Waals surface area contributed by atoms with Crippen LogP contribution in [0.3, 0.4) is 0 Å². The first kappa shape index (κ1) is 12.9. The maximum atomic E-state index is 5.30. The Bertz CT molecular complexity index is 586. The van der Waals surface area contributed by atoms with E-state index in [1.165, 1.54) is 5.56 Å². The van der Waals surface area contributed by atoms with Gasteiger partial charge in [-0.2, -0.15) is 5.10 Å². The standard InChI is InChI=1S/C17H18N2O/c1-17(12-20-13-17)15-9-7-14(8-10-15)11-18-19-16-5-3-2-4-6-16/h2-11,19H,12-13H2,1H3. The van der Waals surface area contributed by atoms with Crippen molar-refractivity contribution in [1.29, 1.82) is 0 Å². The lowest BCUT2D eigenvalue weighted by Gasteiger charge is -2.38. The number of nitrogens with one attached hydrogen (secondary N) is 1. The number of anilines is 1. The molecule has 102 valence electrons. The highest BCUT2D eigenvalue weighted by molar-refractivity contribution is 5.80. The normalized spacial score (nSPS) is 16.9. The summed E-state index contributed by atoms with van der Waals surface area (Å²) in [7, 11) is 0. The number of ether oxygens (including phenoxy) is 1. The smallest absolute Gasteiger partial charge is 0.0582 e. The van der Waals surface area contributed by atoms with Crippen molar-refractivity contribution in [3.63, 3.8) is 0 Å². The zero-order valence-electron chi connectivity index (χ0n) is 11.5. The summed E-state index contributed by atoms with van der Waals surface area (Å²) in [6.07, 6.45) is 1.83. The third kappa shape index (κ3) is 2.73. The fourth-order valence-corrected chi connectivity index (χ4v) is 2.24. The minimum Gasteiger partial charge on any atom is -0.379 e. The number of hydrogen-bond donors (Lipinski definition) is 1. The van der Waals surface area contributed by atoms with E-state index in [-0.39, 0.29) is 5.41 Å². The van der Waals surface area contributed by atoms with E-state index in [0.717, 1.165) is 24.5 Å². The Hall–Kier alpha value is -2.13. The van der Waals surface area contributed by atoms with E-state index in [2.05, 4.69) is 41.7 Å². The van der Waals surface area contributed by atoms with Gasteiger partial charge in [-0.25, -0.2) is 0 Å². The third-order valence-corrected chi connectivity index (χ3v) is 3.63. The number of nitrogens with zero attached hydrogens (tertiary/aromatic N) is 1. The van der Waals surface area contributed by atoms with Crippen LogP contribution in [0.15, 0.2) is 59.7 Å². The van der Waals surface area contributed by atoms with Crippen molar-refractivity contribution in [2.24, 2.45) is 5.10 Å². The first-order valence-electron chi connectivity index (χ1n) is 6.79. The fraction of sp³-hybridized carbons (Fsp3) is 0.235. The Labute approximate surface area is 119 Å². The molecule has 1 heterocycles. The van der Waals surface area contributed by atoms with Crippen LogP contribution in [0.5, 0.6) is 0 Å². The Morgan fingerprint density at radius 3 is 2.35 bits per heavy atom. The van der Waals surface area contributed by atoms with Crippen molar-refractivity contribution in [2.75, 3.05) is 18.6 Å². The van der Waals surface area contributed by atoms with Gasteiger partial charge >= 0.3 is 0 Å². The molecule has 0 aliphatic carbocycles. The molecule has 1 aliphatic heterocycles.